The Balaban J connectivity index is 2.56. The van der Waals surface area contributed by atoms with Gasteiger partial charge in [-0.1, -0.05) is 13.8 Å². The second-order valence-electron chi connectivity index (χ2n) is 6.47. The van der Waals surface area contributed by atoms with Gasteiger partial charge >= 0.3 is 5.97 Å². The van der Waals surface area contributed by atoms with Crippen LogP contribution in [-0.2, 0) is 27.3 Å². The fourth-order valence-corrected chi connectivity index (χ4v) is 2.59. The molecule has 1 heterocycles. The molecule has 6 nitrogen and oxygen atoms in total. The van der Waals surface area contributed by atoms with E-state index in [1.807, 2.05) is 11.6 Å². The summed E-state index contributed by atoms with van der Waals surface area (Å²) in [6, 6.07) is -0.221. The van der Waals surface area contributed by atoms with Crippen LogP contribution in [0.1, 0.15) is 50.6 Å². The van der Waals surface area contributed by atoms with Crippen LogP contribution in [0.25, 0.3) is 0 Å². The minimum atomic E-state index is -0.320. The van der Waals surface area contributed by atoms with Crippen LogP contribution >= 0.6 is 0 Å². The molecule has 1 amide bonds. The molecule has 1 rings (SSSR count). The number of amides is 1. The van der Waals surface area contributed by atoms with E-state index < -0.39 is 0 Å². The molecule has 1 N–H and O–H groups in total. The number of ether oxygens (including phenoxy) is 1. The van der Waals surface area contributed by atoms with E-state index in [0.29, 0.717) is 18.8 Å². The minimum Gasteiger partial charge on any atom is -0.469 e. The fourth-order valence-electron chi connectivity index (χ4n) is 2.59. The van der Waals surface area contributed by atoms with Crippen molar-refractivity contribution in [1.29, 1.82) is 0 Å². The Bertz CT molecular complexity index is 550. The molecule has 0 saturated carbocycles. The van der Waals surface area contributed by atoms with E-state index in [-0.39, 0.29) is 24.3 Å². The molecule has 0 radical (unpaired) electrons. The fraction of sp³-hybridized carbons (Fsp3) is 0.706. The first-order chi connectivity index (χ1) is 10.7. The summed E-state index contributed by atoms with van der Waals surface area (Å²) in [5.41, 5.74) is 3.26. The summed E-state index contributed by atoms with van der Waals surface area (Å²) in [5, 5.41) is 7.39. The van der Waals surface area contributed by atoms with Gasteiger partial charge in [0.05, 0.1) is 19.2 Å². The molecule has 1 aromatic heterocycles. The molecule has 0 aliphatic rings. The van der Waals surface area contributed by atoms with Crippen molar-refractivity contribution >= 4 is 11.9 Å². The smallest absolute Gasteiger partial charge is 0.307 e. The number of carbonyl (C=O) groups is 2. The van der Waals surface area contributed by atoms with Gasteiger partial charge < -0.3 is 10.1 Å². The SMILES string of the molecule is COC(=O)CC(C)NC(=O)CCc1c(C)nn(CC(C)C)c1C. The van der Waals surface area contributed by atoms with Gasteiger partial charge in [0.25, 0.3) is 0 Å². The molecule has 1 unspecified atom stereocenters. The Hall–Kier alpha value is -1.85. The van der Waals surface area contributed by atoms with Crippen molar-refractivity contribution in [3.63, 3.8) is 0 Å². The first-order valence-electron chi connectivity index (χ1n) is 8.13. The number of rotatable bonds is 8. The number of aromatic nitrogens is 2. The molecule has 130 valence electrons. The normalized spacial score (nSPS) is 12.3. The summed E-state index contributed by atoms with van der Waals surface area (Å²) >= 11 is 0. The lowest BCUT2D eigenvalue weighted by Crippen LogP contribution is -2.34. The van der Waals surface area contributed by atoms with Crippen molar-refractivity contribution in [3.05, 3.63) is 17.0 Å². The van der Waals surface area contributed by atoms with E-state index in [2.05, 4.69) is 35.9 Å². The average molecular weight is 323 g/mol. The van der Waals surface area contributed by atoms with Crippen LogP contribution in [-0.4, -0.2) is 34.8 Å². The molecule has 0 aliphatic heterocycles. The zero-order chi connectivity index (χ0) is 17.6. The van der Waals surface area contributed by atoms with Crippen LogP contribution < -0.4 is 5.32 Å². The van der Waals surface area contributed by atoms with Gasteiger partial charge in [-0.25, -0.2) is 0 Å². The molecule has 1 aromatic rings. The van der Waals surface area contributed by atoms with E-state index in [1.165, 1.54) is 7.11 Å². The highest BCUT2D eigenvalue weighted by atomic mass is 16.5. The predicted octanol–water partition coefficient (Wildman–Crippen LogP) is 2.16. The van der Waals surface area contributed by atoms with Crippen molar-refractivity contribution in [3.8, 4) is 0 Å². The molecule has 0 aliphatic carbocycles. The zero-order valence-electron chi connectivity index (χ0n) is 15.1. The lowest BCUT2D eigenvalue weighted by molar-refractivity contribution is -0.141. The number of aryl methyl sites for hydroxylation is 1. The van der Waals surface area contributed by atoms with E-state index in [0.717, 1.165) is 23.5 Å². The second-order valence-corrected chi connectivity index (χ2v) is 6.47. The van der Waals surface area contributed by atoms with Gasteiger partial charge in [0.1, 0.15) is 0 Å². The maximum absolute atomic E-state index is 12.0. The van der Waals surface area contributed by atoms with Crippen molar-refractivity contribution < 1.29 is 14.3 Å². The number of hydrogen-bond donors (Lipinski definition) is 1. The molecular formula is C17H29N3O3. The summed E-state index contributed by atoms with van der Waals surface area (Å²) in [7, 11) is 1.34. The zero-order valence-corrected chi connectivity index (χ0v) is 15.1. The van der Waals surface area contributed by atoms with Gasteiger partial charge in [0.15, 0.2) is 0 Å². The summed E-state index contributed by atoms with van der Waals surface area (Å²) in [4.78, 5) is 23.2. The van der Waals surface area contributed by atoms with Crippen LogP contribution in [0.3, 0.4) is 0 Å². The summed E-state index contributed by atoms with van der Waals surface area (Å²) in [6.07, 6.45) is 1.24. The number of esters is 1. The lowest BCUT2D eigenvalue weighted by Gasteiger charge is -2.12. The quantitative estimate of drug-likeness (QED) is 0.744. The topological polar surface area (TPSA) is 73.2 Å². The number of hydrogen-bond acceptors (Lipinski definition) is 4. The molecule has 23 heavy (non-hydrogen) atoms. The van der Waals surface area contributed by atoms with E-state index in [4.69, 9.17) is 0 Å². The van der Waals surface area contributed by atoms with Crippen molar-refractivity contribution in [2.75, 3.05) is 7.11 Å². The lowest BCUT2D eigenvalue weighted by atomic mass is 10.1. The Labute approximate surface area is 138 Å². The number of carbonyl (C=O) groups excluding carboxylic acids is 2. The van der Waals surface area contributed by atoms with Crippen LogP contribution in [0.5, 0.6) is 0 Å². The maximum Gasteiger partial charge on any atom is 0.307 e. The average Bonchev–Trinajstić information content (AvgIpc) is 2.70. The molecule has 0 bridgehead atoms. The largest absolute Gasteiger partial charge is 0.469 e. The number of methoxy groups -OCH3 is 1. The number of nitrogens with one attached hydrogen (secondary N) is 1. The van der Waals surface area contributed by atoms with Gasteiger partial charge in [-0.2, -0.15) is 5.10 Å². The molecular weight excluding hydrogens is 294 g/mol. The highest BCUT2D eigenvalue weighted by Gasteiger charge is 2.15. The third kappa shape index (κ3) is 6.04. The summed E-state index contributed by atoms with van der Waals surface area (Å²) in [5.74, 6) is 0.152. The van der Waals surface area contributed by atoms with Gasteiger partial charge in [-0.05, 0) is 38.7 Å². The van der Waals surface area contributed by atoms with Crippen LogP contribution in [0, 0.1) is 19.8 Å². The Morgan fingerprint density at radius 1 is 1.26 bits per heavy atom. The molecule has 1 atom stereocenters. The third-order valence-electron chi connectivity index (χ3n) is 3.78. The van der Waals surface area contributed by atoms with Crippen LogP contribution in [0.15, 0.2) is 0 Å². The highest BCUT2D eigenvalue weighted by Crippen LogP contribution is 2.16. The van der Waals surface area contributed by atoms with Gasteiger partial charge in [0.2, 0.25) is 5.91 Å². The van der Waals surface area contributed by atoms with Crippen molar-refractivity contribution in [1.82, 2.24) is 15.1 Å². The maximum atomic E-state index is 12.0. The first-order valence-corrected chi connectivity index (χ1v) is 8.13. The Kier molecular flexibility index (Phi) is 7.26. The van der Waals surface area contributed by atoms with Gasteiger partial charge in [-0.3, -0.25) is 14.3 Å². The summed E-state index contributed by atoms with van der Waals surface area (Å²) < 4.78 is 6.62. The van der Waals surface area contributed by atoms with Crippen molar-refractivity contribution in [2.24, 2.45) is 5.92 Å². The van der Waals surface area contributed by atoms with Gasteiger partial charge in [-0.15, -0.1) is 0 Å². The Morgan fingerprint density at radius 2 is 1.91 bits per heavy atom. The number of nitrogens with zero attached hydrogens (tertiary/aromatic N) is 2. The summed E-state index contributed by atoms with van der Waals surface area (Å²) in [6.45, 7) is 11.0. The minimum absolute atomic E-state index is 0.0585. The van der Waals surface area contributed by atoms with Crippen LogP contribution in [0.2, 0.25) is 0 Å². The molecule has 0 fully saturated rings. The molecule has 0 saturated heterocycles. The highest BCUT2D eigenvalue weighted by molar-refractivity contribution is 5.77. The Morgan fingerprint density at radius 3 is 2.48 bits per heavy atom. The predicted molar refractivity (Wildman–Crippen MR) is 89.1 cm³/mol. The van der Waals surface area contributed by atoms with Gasteiger partial charge in [0, 0.05) is 24.7 Å². The molecule has 0 aromatic carbocycles. The molecule has 6 heteroatoms. The van der Waals surface area contributed by atoms with E-state index in [1.54, 1.807) is 6.92 Å². The van der Waals surface area contributed by atoms with Crippen molar-refractivity contribution in [2.45, 2.75) is 66.5 Å². The first kappa shape index (κ1) is 19.2. The van der Waals surface area contributed by atoms with E-state index >= 15 is 0 Å². The standard InChI is InChI=1S/C17H29N3O3/c1-11(2)10-20-14(5)15(13(4)19-20)7-8-16(21)18-12(3)9-17(22)23-6/h11-12H,7-10H2,1-6H3,(H,18,21). The van der Waals surface area contributed by atoms with Crippen LogP contribution in [0.4, 0.5) is 0 Å². The second kappa shape index (κ2) is 8.70. The third-order valence-corrected chi connectivity index (χ3v) is 3.78. The van der Waals surface area contributed by atoms with E-state index in [9.17, 15) is 9.59 Å². The molecule has 0 spiro atoms. The monoisotopic (exact) mass is 323 g/mol.